The van der Waals surface area contributed by atoms with E-state index in [2.05, 4.69) is 58.8 Å². The van der Waals surface area contributed by atoms with Crippen LogP contribution in [0.4, 0.5) is 0 Å². The zero-order valence-corrected chi connectivity index (χ0v) is 19.3. The summed E-state index contributed by atoms with van der Waals surface area (Å²) in [6, 6.07) is 24.6. The Balaban J connectivity index is 1.21. The Morgan fingerprint density at radius 2 is 1.63 bits per heavy atom. The maximum atomic E-state index is 13.3. The number of amides is 1. The van der Waals surface area contributed by atoms with Crippen LogP contribution in [-0.4, -0.2) is 26.4 Å². The highest BCUT2D eigenvalue weighted by atomic mass is 16.2. The van der Waals surface area contributed by atoms with Gasteiger partial charge in [0.2, 0.25) is 0 Å². The van der Waals surface area contributed by atoms with Crippen LogP contribution >= 0.6 is 0 Å². The number of rotatable bonds is 3. The van der Waals surface area contributed by atoms with Crippen molar-refractivity contribution in [2.24, 2.45) is 13.0 Å². The summed E-state index contributed by atoms with van der Waals surface area (Å²) >= 11 is 0. The van der Waals surface area contributed by atoms with E-state index in [0.29, 0.717) is 40.8 Å². The van der Waals surface area contributed by atoms with E-state index in [4.69, 9.17) is 0 Å². The number of carbonyl (C=O) groups is 1. The fourth-order valence-corrected chi connectivity index (χ4v) is 6.31. The molecule has 5 aromatic rings. The molecule has 2 aromatic carbocycles. The molecule has 3 aromatic heterocycles. The van der Waals surface area contributed by atoms with Crippen LogP contribution in [0.25, 0.3) is 16.7 Å². The van der Waals surface area contributed by atoms with Gasteiger partial charge in [-0.2, -0.15) is 0 Å². The Morgan fingerprint density at radius 1 is 0.971 bits per heavy atom. The maximum absolute atomic E-state index is 13.3. The number of pyridine rings is 1. The molecular formula is C29H24N4O2. The highest BCUT2D eigenvalue weighted by Gasteiger charge is 2.43. The van der Waals surface area contributed by atoms with Gasteiger partial charge in [-0.25, -0.2) is 4.98 Å². The smallest absolute Gasteiger partial charge is 0.267 e. The van der Waals surface area contributed by atoms with Crippen LogP contribution in [0.15, 0.2) is 83.8 Å². The summed E-state index contributed by atoms with van der Waals surface area (Å²) in [5.41, 5.74) is 6.97. The largest absolute Gasteiger partial charge is 0.350 e. The number of fused-ring (bicyclic) bond motifs is 3. The van der Waals surface area contributed by atoms with Crippen LogP contribution in [0.3, 0.4) is 0 Å². The molecule has 172 valence electrons. The second kappa shape index (κ2) is 7.40. The number of aromatic nitrogens is 3. The molecule has 0 saturated heterocycles. The summed E-state index contributed by atoms with van der Waals surface area (Å²) in [4.78, 5) is 30.9. The zero-order valence-electron chi connectivity index (χ0n) is 19.3. The lowest BCUT2D eigenvalue weighted by atomic mass is 9.59. The Bertz CT molecular complexity index is 1670. The molecule has 0 radical (unpaired) electrons. The Morgan fingerprint density at radius 3 is 2.34 bits per heavy atom. The van der Waals surface area contributed by atoms with Gasteiger partial charge in [-0.15, -0.1) is 0 Å². The second-order valence-electron chi connectivity index (χ2n) is 9.67. The molecule has 1 N–H and O–H groups in total. The van der Waals surface area contributed by atoms with E-state index in [1.54, 1.807) is 36.0 Å². The van der Waals surface area contributed by atoms with Crippen molar-refractivity contribution in [1.82, 2.24) is 19.3 Å². The van der Waals surface area contributed by atoms with Gasteiger partial charge in [0.05, 0.1) is 5.39 Å². The fraction of sp³-hybridized carbons (Fsp3) is 0.207. The van der Waals surface area contributed by atoms with Gasteiger partial charge in [-0.3, -0.25) is 14.0 Å². The third-order valence-electron chi connectivity index (χ3n) is 7.89. The van der Waals surface area contributed by atoms with Crippen molar-refractivity contribution in [3.8, 4) is 0 Å². The van der Waals surface area contributed by atoms with Gasteiger partial charge in [-0.1, -0.05) is 54.6 Å². The minimum atomic E-state index is -0.179. The Labute approximate surface area is 201 Å². The van der Waals surface area contributed by atoms with Crippen molar-refractivity contribution < 1.29 is 4.79 Å². The van der Waals surface area contributed by atoms with Crippen molar-refractivity contribution >= 4 is 22.6 Å². The number of benzene rings is 2. The van der Waals surface area contributed by atoms with Gasteiger partial charge in [0, 0.05) is 31.6 Å². The van der Waals surface area contributed by atoms with E-state index in [0.717, 1.165) is 6.42 Å². The molecule has 3 heterocycles. The van der Waals surface area contributed by atoms with E-state index in [9.17, 15) is 9.59 Å². The highest BCUT2D eigenvalue weighted by Crippen LogP contribution is 2.55. The van der Waals surface area contributed by atoms with Crippen molar-refractivity contribution in [2.75, 3.05) is 6.54 Å². The molecule has 0 saturated carbocycles. The second-order valence-corrected chi connectivity index (χ2v) is 9.67. The van der Waals surface area contributed by atoms with Crippen LogP contribution in [0.5, 0.6) is 0 Å². The average molecular weight is 461 g/mol. The maximum Gasteiger partial charge on any atom is 0.267 e. The first-order valence-corrected chi connectivity index (χ1v) is 12.0. The van der Waals surface area contributed by atoms with Crippen LogP contribution < -0.4 is 10.9 Å². The van der Waals surface area contributed by atoms with Crippen LogP contribution in [0.2, 0.25) is 0 Å². The van der Waals surface area contributed by atoms with E-state index in [1.165, 1.54) is 26.7 Å². The van der Waals surface area contributed by atoms with E-state index in [1.807, 2.05) is 6.07 Å². The third kappa shape index (κ3) is 2.86. The SMILES string of the molecule is Cn1c(C(=O)NCC2CC3c4ccccc4C2c2ccccc23)cc2c(=O)n3ccccc3nc21. The molecule has 0 fully saturated rings. The van der Waals surface area contributed by atoms with Gasteiger partial charge >= 0.3 is 0 Å². The Hall–Kier alpha value is -4.19. The predicted molar refractivity (Wildman–Crippen MR) is 135 cm³/mol. The summed E-state index contributed by atoms with van der Waals surface area (Å²) in [7, 11) is 1.79. The van der Waals surface area contributed by atoms with Gasteiger partial charge in [0.25, 0.3) is 11.5 Å². The monoisotopic (exact) mass is 460 g/mol. The molecule has 3 aliphatic rings. The number of nitrogens with one attached hydrogen (secondary N) is 1. The van der Waals surface area contributed by atoms with E-state index < -0.39 is 0 Å². The van der Waals surface area contributed by atoms with Gasteiger partial charge < -0.3 is 9.88 Å². The molecule has 8 rings (SSSR count). The third-order valence-corrected chi connectivity index (χ3v) is 7.89. The number of aryl methyl sites for hydroxylation is 1. The summed E-state index contributed by atoms with van der Waals surface area (Å²) in [5.74, 6) is 0.775. The summed E-state index contributed by atoms with van der Waals surface area (Å²) in [5, 5.41) is 3.63. The summed E-state index contributed by atoms with van der Waals surface area (Å²) in [6.07, 6.45) is 2.72. The first-order chi connectivity index (χ1) is 17.1. The molecular weight excluding hydrogens is 436 g/mol. The Kier molecular flexibility index (Phi) is 4.27. The van der Waals surface area contributed by atoms with E-state index in [-0.39, 0.29) is 17.4 Å². The normalized spacial score (nSPS) is 20.1. The topological polar surface area (TPSA) is 68.4 Å². The molecule has 0 aliphatic heterocycles. The quantitative estimate of drug-likeness (QED) is 0.439. The molecule has 35 heavy (non-hydrogen) atoms. The molecule has 3 aliphatic carbocycles. The average Bonchev–Trinajstić information content (AvgIpc) is 3.24. The number of hydrogen-bond donors (Lipinski definition) is 1. The lowest BCUT2D eigenvalue weighted by Gasteiger charge is -2.45. The fourth-order valence-electron chi connectivity index (χ4n) is 6.31. The van der Waals surface area contributed by atoms with Crippen molar-refractivity contribution in [1.29, 1.82) is 0 Å². The molecule has 1 atom stereocenters. The minimum Gasteiger partial charge on any atom is -0.350 e. The molecule has 6 heteroatoms. The minimum absolute atomic E-state index is 0.168. The number of carbonyl (C=O) groups excluding carboxylic acids is 1. The van der Waals surface area contributed by atoms with Crippen LogP contribution in [-0.2, 0) is 7.05 Å². The number of nitrogens with zero attached hydrogens (tertiary/aromatic N) is 3. The van der Waals surface area contributed by atoms with Gasteiger partial charge in [0.1, 0.15) is 17.0 Å². The van der Waals surface area contributed by atoms with Gasteiger partial charge in [-0.05, 0) is 52.8 Å². The first-order valence-electron chi connectivity index (χ1n) is 12.0. The predicted octanol–water partition coefficient (Wildman–Crippen LogP) is 4.21. The standard InChI is InChI=1S/C29H24N4O2/c1-32-24(15-23-27(32)31-25-12-6-7-13-33(25)29(23)35)28(34)30-16-17-14-22-18-8-2-4-10-20(18)26(17)21-11-5-3-9-19(21)22/h2-13,15,17,22,26H,14,16H2,1H3,(H,30,34). The summed E-state index contributed by atoms with van der Waals surface area (Å²) in [6.45, 7) is 0.582. The zero-order chi connectivity index (χ0) is 23.7. The van der Waals surface area contributed by atoms with Gasteiger partial charge in [0.15, 0.2) is 0 Å². The summed E-state index contributed by atoms with van der Waals surface area (Å²) < 4.78 is 3.23. The molecule has 1 unspecified atom stereocenters. The van der Waals surface area contributed by atoms with Crippen molar-refractivity contribution in [3.63, 3.8) is 0 Å². The van der Waals surface area contributed by atoms with Crippen LogP contribution in [0.1, 0.15) is 51.0 Å². The molecule has 6 nitrogen and oxygen atoms in total. The lowest BCUT2D eigenvalue weighted by Crippen LogP contribution is -2.39. The van der Waals surface area contributed by atoms with Crippen molar-refractivity contribution in [3.05, 3.63) is 117 Å². The molecule has 0 spiro atoms. The molecule has 1 amide bonds. The highest BCUT2D eigenvalue weighted by molar-refractivity contribution is 5.98. The lowest BCUT2D eigenvalue weighted by molar-refractivity contribution is 0.0935. The van der Waals surface area contributed by atoms with E-state index >= 15 is 0 Å². The van der Waals surface area contributed by atoms with Crippen LogP contribution in [0, 0.1) is 5.92 Å². The first kappa shape index (κ1) is 20.2. The number of hydrogen-bond acceptors (Lipinski definition) is 3. The molecule has 2 bridgehead atoms. The van der Waals surface area contributed by atoms with Crippen molar-refractivity contribution in [2.45, 2.75) is 18.3 Å².